The quantitative estimate of drug-likeness (QED) is 0.741. The zero-order valence-electron chi connectivity index (χ0n) is 15.0. The highest BCUT2D eigenvalue weighted by atomic mass is 16.4. The molecule has 140 valence electrons. The Labute approximate surface area is 155 Å². The number of oxazole rings is 1. The summed E-state index contributed by atoms with van der Waals surface area (Å²) in [5.41, 5.74) is 2.10. The van der Waals surface area contributed by atoms with Gasteiger partial charge in [0.05, 0.1) is 5.52 Å². The van der Waals surface area contributed by atoms with E-state index in [1.165, 1.54) is 4.57 Å². The first-order valence-corrected chi connectivity index (χ1v) is 8.86. The van der Waals surface area contributed by atoms with Crippen LogP contribution >= 0.6 is 0 Å². The minimum atomic E-state index is -0.456. The number of benzene rings is 1. The first-order chi connectivity index (χ1) is 13.0. The molecule has 8 nitrogen and oxygen atoms in total. The predicted octanol–water partition coefficient (Wildman–Crippen LogP) is 1.45. The summed E-state index contributed by atoms with van der Waals surface area (Å²) in [5.74, 6) is -0.619. The highest BCUT2D eigenvalue weighted by molar-refractivity contribution is 5.97. The molecular weight excluding hydrogens is 348 g/mol. The van der Waals surface area contributed by atoms with Crippen molar-refractivity contribution in [2.45, 2.75) is 6.42 Å². The number of nitrogens with zero attached hydrogens (tertiary/aromatic N) is 3. The Hall–Kier alpha value is -3.29. The Kier molecular flexibility index (Phi) is 4.31. The lowest BCUT2D eigenvalue weighted by Gasteiger charge is -2.22. The molecule has 0 saturated carbocycles. The maximum atomic E-state index is 12.9. The van der Waals surface area contributed by atoms with Gasteiger partial charge in [-0.25, -0.2) is 4.79 Å². The lowest BCUT2D eigenvalue weighted by molar-refractivity contribution is 0.0716. The van der Waals surface area contributed by atoms with Crippen molar-refractivity contribution in [3.63, 3.8) is 0 Å². The van der Waals surface area contributed by atoms with E-state index >= 15 is 0 Å². The normalized spacial score (nSPS) is 15.1. The van der Waals surface area contributed by atoms with Crippen LogP contribution in [0.25, 0.3) is 11.1 Å². The van der Waals surface area contributed by atoms with Crippen molar-refractivity contribution in [1.82, 2.24) is 19.4 Å². The number of aromatic amines is 1. The third kappa shape index (κ3) is 3.14. The molecule has 1 saturated heterocycles. The molecule has 0 unspecified atom stereocenters. The fourth-order valence-electron chi connectivity index (χ4n) is 3.40. The van der Waals surface area contributed by atoms with E-state index in [1.54, 1.807) is 53.4 Å². The third-order valence-corrected chi connectivity index (χ3v) is 4.94. The van der Waals surface area contributed by atoms with E-state index < -0.39 is 5.76 Å². The number of hydrogen-bond donors (Lipinski definition) is 1. The molecule has 2 aromatic heterocycles. The summed E-state index contributed by atoms with van der Waals surface area (Å²) in [7, 11) is 1.61. The molecule has 27 heavy (non-hydrogen) atoms. The number of carbonyl (C=O) groups is 2. The minimum Gasteiger partial charge on any atom is -0.408 e. The van der Waals surface area contributed by atoms with Crippen molar-refractivity contribution in [3.8, 4) is 0 Å². The van der Waals surface area contributed by atoms with Crippen molar-refractivity contribution < 1.29 is 14.0 Å². The summed E-state index contributed by atoms with van der Waals surface area (Å²) >= 11 is 0. The molecule has 0 aliphatic carbocycles. The molecule has 1 N–H and O–H groups in total. The molecular formula is C19H20N4O4. The van der Waals surface area contributed by atoms with Crippen LogP contribution in [0.1, 0.15) is 27.3 Å². The molecule has 4 rings (SSSR count). The van der Waals surface area contributed by atoms with Crippen LogP contribution in [0.5, 0.6) is 0 Å². The van der Waals surface area contributed by atoms with Crippen LogP contribution in [0.2, 0.25) is 0 Å². The number of aryl methyl sites for hydroxylation is 1. The van der Waals surface area contributed by atoms with Gasteiger partial charge in [-0.15, -0.1) is 0 Å². The fraction of sp³-hybridized carbons (Fsp3) is 0.316. The van der Waals surface area contributed by atoms with Gasteiger partial charge in [0.15, 0.2) is 5.58 Å². The third-order valence-electron chi connectivity index (χ3n) is 4.94. The van der Waals surface area contributed by atoms with Gasteiger partial charge in [0.1, 0.15) is 5.69 Å². The number of aromatic nitrogens is 2. The Balaban J connectivity index is 1.50. The molecule has 1 fully saturated rings. The van der Waals surface area contributed by atoms with Gasteiger partial charge in [0, 0.05) is 45.0 Å². The second kappa shape index (κ2) is 6.79. The van der Waals surface area contributed by atoms with Crippen LogP contribution in [0.15, 0.2) is 45.7 Å². The number of carbonyl (C=O) groups excluding carboxylic acids is 2. The lowest BCUT2D eigenvalue weighted by Crippen LogP contribution is -2.37. The van der Waals surface area contributed by atoms with Gasteiger partial charge in [0.25, 0.3) is 11.8 Å². The molecule has 1 aliphatic heterocycles. The van der Waals surface area contributed by atoms with E-state index in [9.17, 15) is 14.4 Å². The van der Waals surface area contributed by atoms with Crippen LogP contribution in [0.3, 0.4) is 0 Å². The number of nitrogens with one attached hydrogen (secondary N) is 1. The minimum absolute atomic E-state index is 0.0517. The van der Waals surface area contributed by atoms with Crippen LogP contribution in [0.4, 0.5) is 0 Å². The topological polar surface area (TPSA) is 91.6 Å². The van der Waals surface area contributed by atoms with Gasteiger partial charge < -0.3 is 19.2 Å². The van der Waals surface area contributed by atoms with Gasteiger partial charge in [-0.2, -0.15) is 0 Å². The molecule has 1 aliphatic rings. The van der Waals surface area contributed by atoms with Gasteiger partial charge in [-0.3, -0.25) is 14.2 Å². The smallest absolute Gasteiger partial charge is 0.408 e. The summed E-state index contributed by atoms with van der Waals surface area (Å²) < 4.78 is 6.49. The summed E-state index contributed by atoms with van der Waals surface area (Å²) in [6.45, 7) is 2.14. The van der Waals surface area contributed by atoms with E-state index in [0.717, 1.165) is 0 Å². The molecule has 0 spiro atoms. The summed E-state index contributed by atoms with van der Waals surface area (Å²) in [4.78, 5) is 43.5. The van der Waals surface area contributed by atoms with E-state index in [0.29, 0.717) is 55.0 Å². The zero-order chi connectivity index (χ0) is 19.0. The first kappa shape index (κ1) is 17.1. The van der Waals surface area contributed by atoms with Crippen LogP contribution in [0, 0.1) is 0 Å². The second-order valence-electron chi connectivity index (χ2n) is 6.63. The van der Waals surface area contributed by atoms with Crippen molar-refractivity contribution in [3.05, 3.63) is 58.3 Å². The summed E-state index contributed by atoms with van der Waals surface area (Å²) in [6.07, 6.45) is 2.44. The van der Waals surface area contributed by atoms with Crippen molar-refractivity contribution in [2.75, 3.05) is 26.2 Å². The van der Waals surface area contributed by atoms with E-state index in [1.807, 2.05) is 0 Å². The Morgan fingerprint density at radius 2 is 1.78 bits per heavy atom. The number of hydrogen-bond acceptors (Lipinski definition) is 4. The maximum Gasteiger partial charge on any atom is 0.419 e. The SMILES string of the molecule is Cn1c(=O)oc2ccc(C(=O)N3CCCN(C(=O)c4ccc[nH]4)CC3)cc21. The highest BCUT2D eigenvalue weighted by Gasteiger charge is 2.24. The number of rotatable bonds is 2. The molecule has 1 aromatic carbocycles. The standard InChI is InChI=1S/C19H20N4O4/c1-21-15-12-13(5-6-16(15)27-19(21)26)17(24)22-8-3-9-23(11-10-22)18(25)14-4-2-7-20-14/h2,4-7,12,20H,3,8-11H2,1H3. The Bertz CT molecular complexity index is 1050. The Morgan fingerprint density at radius 3 is 2.48 bits per heavy atom. The van der Waals surface area contributed by atoms with Crippen molar-refractivity contribution in [1.29, 1.82) is 0 Å². The van der Waals surface area contributed by atoms with E-state index in [2.05, 4.69) is 4.98 Å². The molecule has 0 radical (unpaired) electrons. The van der Waals surface area contributed by atoms with Crippen LogP contribution < -0.4 is 5.76 Å². The van der Waals surface area contributed by atoms with Crippen molar-refractivity contribution in [2.24, 2.45) is 7.05 Å². The molecule has 0 bridgehead atoms. The molecule has 2 amide bonds. The average Bonchev–Trinajstić information content (AvgIpc) is 3.22. The Morgan fingerprint density at radius 1 is 1.04 bits per heavy atom. The zero-order valence-corrected chi connectivity index (χ0v) is 15.0. The first-order valence-electron chi connectivity index (χ1n) is 8.86. The monoisotopic (exact) mass is 368 g/mol. The van der Waals surface area contributed by atoms with Crippen molar-refractivity contribution >= 4 is 22.9 Å². The lowest BCUT2D eigenvalue weighted by atomic mass is 10.1. The molecule has 3 aromatic rings. The summed E-state index contributed by atoms with van der Waals surface area (Å²) in [5, 5.41) is 0. The van der Waals surface area contributed by atoms with Crippen LogP contribution in [-0.4, -0.2) is 57.3 Å². The largest absolute Gasteiger partial charge is 0.419 e. The van der Waals surface area contributed by atoms with Gasteiger partial charge in [-0.05, 0) is 36.8 Å². The number of fused-ring (bicyclic) bond motifs is 1. The van der Waals surface area contributed by atoms with Gasteiger partial charge in [-0.1, -0.05) is 0 Å². The van der Waals surface area contributed by atoms with Gasteiger partial charge in [0.2, 0.25) is 0 Å². The fourth-order valence-corrected chi connectivity index (χ4v) is 3.40. The van der Waals surface area contributed by atoms with E-state index in [-0.39, 0.29) is 11.8 Å². The molecule has 3 heterocycles. The van der Waals surface area contributed by atoms with Gasteiger partial charge >= 0.3 is 5.76 Å². The highest BCUT2D eigenvalue weighted by Crippen LogP contribution is 2.17. The van der Waals surface area contributed by atoms with E-state index in [4.69, 9.17) is 4.42 Å². The molecule has 0 atom stereocenters. The second-order valence-corrected chi connectivity index (χ2v) is 6.63. The van der Waals surface area contributed by atoms with Crippen LogP contribution in [-0.2, 0) is 7.05 Å². The average molecular weight is 368 g/mol. The molecule has 8 heteroatoms. The summed E-state index contributed by atoms with van der Waals surface area (Å²) in [6, 6.07) is 8.53. The maximum absolute atomic E-state index is 12.9. The number of H-pyrrole nitrogens is 1. The predicted molar refractivity (Wildman–Crippen MR) is 98.7 cm³/mol. The number of amides is 2.